The lowest BCUT2D eigenvalue weighted by Crippen LogP contribution is -2.44. The third-order valence-electron chi connectivity index (χ3n) is 4.05. The van der Waals surface area contributed by atoms with Gasteiger partial charge in [0.05, 0.1) is 5.41 Å². The summed E-state index contributed by atoms with van der Waals surface area (Å²) in [4.78, 5) is 23.2. The smallest absolute Gasteiger partial charge is 0.407 e. The van der Waals surface area contributed by atoms with E-state index >= 15 is 0 Å². The van der Waals surface area contributed by atoms with E-state index in [9.17, 15) is 14.7 Å². The number of hydrogen-bond donors (Lipinski definition) is 2. The highest BCUT2D eigenvalue weighted by Crippen LogP contribution is 2.35. The summed E-state index contributed by atoms with van der Waals surface area (Å²) in [7, 11) is 0. The van der Waals surface area contributed by atoms with Crippen molar-refractivity contribution in [3.8, 4) is 0 Å². The maximum absolute atomic E-state index is 11.7. The highest BCUT2D eigenvalue weighted by atomic mass is 16.5. The van der Waals surface area contributed by atoms with Crippen molar-refractivity contribution < 1.29 is 19.4 Å². The van der Waals surface area contributed by atoms with Crippen LogP contribution in [0.5, 0.6) is 0 Å². The van der Waals surface area contributed by atoms with Gasteiger partial charge in [-0.15, -0.1) is 0 Å². The average molecular weight is 291 g/mol. The van der Waals surface area contributed by atoms with Crippen molar-refractivity contribution in [2.45, 2.75) is 38.7 Å². The van der Waals surface area contributed by atoms with Gasteiger partial charge in [-0.3, -0.25) is 4.79 Å². The summed E-state index contributed by atoms with van der Waals surface area (Å²) < 4.78 is 5.10. The van der Waals surface area contributed by atoms with Crippen molar-refractivity contribution in [2.24, 2.45) is 5.41 Å². The van der Waals surface area contributed by atoms with Crippen LogP contribution in [0.3, 0.4) is 0 Å². The van der Waals surface area contributed by atoms with E-state index in [1.54, 1.807) is 0 Å². The molecule has 0 atom stereocenters. The zero-order chi connectivity index (χ0) is 15.1. The molecule has 0 unspecified atom stereocenters. The fourth-order valence-corrected chi connectivity index (χ4v) is 2.71. The van der Waals surface area contributed by atoms with Crippen LogP contribution >= 0.6 is 0 Å². The van der Waals surface area contributed by atoms with E-state index in [1.807, 2.05) is 30.3 Å². The number of amides is 1. The molecule has 2 rings (SSSR count). The third-order valence-corrected chi connectivity index (χ3v) is 4.05. The summed E-state index contributed by atoms with van der Waals surface area (Å²) in [5, 5.41) is 12.0. The second-order valence-corrected chi connectivity index (χ2v) is 5.56. The number of carbonyl (C=O) groups is 2. The minimum absolute atomic E-state index is 0.135. The Morgan fingerprint density at radius 1 is 1.14 bits per heavy atom. The number of carboxylic acid groups (broad SMARTS) is 1. The van der Waals surface area contributed by atoms with E-state index in [0.717, 1.165) is 24.8 Å². The predicted octanol–water partition coefficient (Wildman–Crippen LogP) is 2.95. The number of ether oxygens (including phenoxy) is 1. The van der Waals surface area contributed by atoms with Crippen LogP contribution in [0.1, 0.15) is 37.7 Å². The van der Waals surface area contributed by atoms with Crippen LogP contribution in [0, 0.1) is 5.41 Å². The summed E-state index contributed by atoms with van der Waals surface area (Å²) in [6, 6.07) is 9.37. The Morgan fingerprint density at radius 2 is 1.81 bits per heavy atom. The fraction of sp³-hybridized carbons (Fsp3) is 0.500. The van der Waals surface area contributed by atoms with Gasteiger partial charge in [-0.1, -0.05) is 49.6 Å². The molecule has 0 bridgehead atoms. The Balaban J connectivity index is 1.80. The minimum Gasteiger partial charge on any atom is -0.481 e. The van der Waals surface area contributed by atoms with E-state index in [0.29, 0.717) is 12.8 Å². The normalized spacial score (nSPS) is 17.0. The Kier molecular flexibility index (Phi) is 5.20. The van der Waals surface area contributed by atoms with Gasteiger partial charge >= 0.3 is 12.1 Å². The zero-order valence-electron chi connectivity index (χ0n) is 12.0. The molecule has 0 heterocycles. The number of rotatable bonds is 5. The first-order valence-corrected chi connectivity index (χ1v) is 7.30. The number of nitrogens with one attached hydrogen (secondary N) is 1. The quantitative estimate of drug-likeness (QED) is 0.874. The molecule has 1 amide bonds. The Labute approximate surface area is 124 Å². The molecule has 0 saturated heterocycles. The summed E-state index contributed by atoms with van der Waals surface area (Å²) in [6.07, 6.45) is 3.51. The molecule has 1 aliphatic carbocycles. The lowest BCUT2D eigenvalue weighted by molar-refractivity contribution is -0.150. The summed E-state index contributed by atoms with van der Waals surface area (Å²) >= 11 is 0. The van der Waals surface area contributed by atoms with Crippen molar-refractivity contribution in [2.75, 3.05) is 6.54 Å². The Bertz CT molecular complexity index is 480. The van der Waals surface area contributed by atoms with Gasteiger partial charge in [-0.05, 0) is 18.4 Å². The van der Waals surface area contributed by atoms with E-state index in [2.05, 4.69) is 5.32 Å². The zero-order valence-corrected chi connectivity index (χ0v) is 12.0. The minimum atomic E-state index is -0.829. The van der Waals surface area contributed by atoms with Gasteiger partial charge in [-0.2, -0.15) is 0 Å². The molecule has 1 fully saturated rings. The monoisotopic (exact) mass is 291 g/mol. The van der Waals surface area contributed by atoms with Crippen LogP contribution in [0.15, 0.2) is 30.3 Å². The molecular weight excluding hydrogens is 270 g/mol. The van der Waals surface area contributed by atoms with Crippen LogP contribution in [0.4, 0.5) is 4.79 Å². The van der Waals surface area contributed by atoms with Gasteiger partial charge in [0.2, 0.25) is 0 Å². The fourth-order valence-electron chi connectivity index (χ4n) is 2.71. The van der Waals surface area contributed by atoms with E-state index < -0.39 is 17.5 Å². The van der Waals surface area contributed by atoms with Crippen LogP contribution in [-0.2, 0) is 16.1 Å². The van der Waals surface area contributed by atoms with E-state index in [1.165, 1.54) is 0 Å². The molecular formula is C16H21NO4. The van der Waals surface area contributed by atoms with E-state index in [4.69, 9.17) is 4.74 Å². The number of hydrogen-bond acceptors (Lipinski definition) is 3. The predicted molar refractivity (Wildman–Crippen MR) is 77.8 cm³/mol. The molecule has 1 aromatic rings. The maximum atomic E-state index is 11.7. The van der Waals surface area contributed by atoms with E-state index in [-0.39, 0.29) is 13.2 Å². The van der Waals surface area contributed by atoms with Crippen molar-refractivity contribution in [1.82, 2.24) is 5.32 Å². The molecule has 5 nitrogen and oxygen atoms in total. The lowest BCUT2D eigenvalue weighted by atomic mass is 9.74. The molecule has 2 N–H and O–H groups in total. The molecule has 1 aromatic carbocycles. The second-order valence-electron chi connectivity index (χ2n) is 5.56. The Morgan fingerprint density at radius 3 is 2.43 bits per heavy atom. The molecule has 5 heteroatoms. The molecule has 1 saturated carbocycles. The first-order chi connectivity index (χ1) is 10.1. The summed E-state index contributed by atoms with van der Waals surface area (Å²) in [5.41, 5.74) is 0.0718. The molecule has 0 spiro atoms. The average Bonchev–Trinajstić information content (AvgIpc) is 2.52. The molecule has 0 radical (unpaired) electrons. The number of carboxylic acids is 1. The number of aliphatic carboxylic acids is 1. The van der Waals surface area contributed by atoms with Gasteiger partial charge in [0.15, 0.2) is 0 Å². The van der Waals surface area contributed by atoms with Gasteiger partial charge in [0.1, 0.15) is 6.61 Å². The molecule has 0 aliphatic heterocycles. The number of carbonyl (C=O) groups excluding carboxylic acids is 1. The van der Waals surface area contributed by atoms with Gasteiger partial charge < -0.3 is 15.2 Å². The molecule has 114 valence electrons. The van der Waals surface area contributed by atoms with Crippen molar-refractivity contribution in [3.05, 3.63) is 35.9 Å². The SMILES string of the molecule is O=C(NCC1(C(=O)O)CCCCC1)OCc1ccccc1. The number of benzene rings is 1. The lowest BCUT2D eigenvalue weighted by Gasteiger charge is -2.32. The third kappa shape index (κ3) is 4.21. The van der Waals surface area contributed by atoms with Gasteiger partial charge in [0, 0.05) is 6.54 Å². The second kappa shape index (κ2) is 7.11. The van der Waals surface area contributed by atoms with Gasteiger partial charge in [-0.25, -0.2) is 4.79 Å². The van der Waals surface area contributed by atoms with Crippen LogP contribution < -0.4 is 5.32 Å². The summed E-state index contributed by atoms with van der Waals surface area (Å²) in [6.45, 7) is 0.322. The molecule has 1 aliphatic rings. The van der Waals surface area contributed by atoms with Crippen molar-refractivity contribution in [1.29, 1.82) is 0 Å². The van der Waals surface area contributed by atoms with Crippen LogP contribution in [-0.4, -0.2) is 23.7 Å². The Hall–Kier alpha value is -2.04. The molecule has 0 aromatic heterocycles. The standard InChI is InChI=1S/C16H21NO4/c18-14(19)16(9-5-2-6-10-16)12-17-15(20)21-11-13-7-3-1-4-8-13/h1,3-4,7-8H,2,5-6,9-12H2,(H,17,20)(H,18,19). The summed E-state index contributed by atoms with van der Waals surface area (Å²) in [5.74, 6) is -0.828. The van der Waals surface area contributed by atoms with Gasteiger partial charge in [0.25, 0.3) is 0 Å². The molecule has 21 heavy (non-hydrogen) atoms. The maximum Gasteiger partial charge on any atom is 0.407 e. The van der Waals surface area contributed by atoms with Crippen molar-refractivity contribution in [3.63, 3.8) is 0 Å². The highest BCUT2D eigenvalue weighted by molar-refractivity contribution is 5.76. The van der Waals surface area contributed by atoms with Crippen molar-refractivity contribution >= 4 is 12.1 Å². The number of alkyl carbamates (subject to hydrolysis) is 1. The van der Waals surface area contributed by atoms with Crippen LogP contribution in [0.25, 0.3) is 0 Å². The highest BCUT2D eigenvalue weighted by Gasteiger charge is 2.39. The topological polar surface area (TPSA) is 75.6 Å². The van der Waals surface area contributed by atoms with Crippen LogP contribution in [0.2, 0.25) is 0 Å². The largest absolute Gasteiger partial charge is 0.481 e. The first-order valence-electron chi connectivity index (χ1n) is 7.30. The first kappa shape index (κ1) is 15.4.